The molecule has 1 aliphatic rings. The predicted octanol–water partition coefficient (Wildman–Crippen LogP) is 7.99. The van der Waals surface area contributed by atoms with E-state index in [1.54, 1.807) is 4.90 Å². The summed E-state index contributed by atoms with van der Waals surface area (Å²) >= 11 is 6.98. The highest BCUT2D eigenvalue weighted by molar-refractivity contribution is 8.15. The maximum Gasteiger partial charge on any atom is 0.573 e. The van der Waals surface area contributed by atoms with Crippen molar-refractivity contribution >= 4 is 45.9 Å². The van der Waals surface area contributed by atoms with E-state index in [4.69, 9.17) is 12.2 Å². The fourth-order valence-electron chi connectivity index (χ4n) is 5.22. The van der Waals surface area contributed by atoms with Gasteiger partial charge >= 0.3 is 6.36 Å². The molecule has 246 valence electrons. The fraction of sp³-hybridized carbons (Fsp3) is 0.324. The number of nitrogens with one attached hydrogen (secondary N) is 1. The van der Waals surface area contributed by atoms with Crippen LogP contribution in [0.5, 0.6) is 5.75 Å². The van der Waals surface area contributed by atoms with Gasteiger partial charge in [-0.25, -0.2) is 9.67 Å². The highest BCUT2D eigenvalue weighted by Crippen LogP contribution is 2.34. The van der Waals surface area contributed by atoms with Crippen molar-refractivity contribution in [1.29, 1.82) is 0 Å². The highest BCUT2D eigenvalue weighted by atomic mass is 32.2. The van der Waals surface area contributed by atoms with Crippen LogP contribution in [0.2, 0.25) is 0 Å². The summed E-state index contributed by atoms with van der Waals surface area (Å²) in [6, 6.07) is 19.6. The first-order chi connectivity index (χ1) is 22.4. The van der Waals surface area contributed by atoms with E-state index in [1.807, 2.05) is 37.3 Å². The first-order valence-electron chi connectivity index (χ1n) is 15.2. The molecule has 47 heavy (non-hydrogen) atoms. The second-order valence-electron chi connectivity index (χ2n) is 11.6. The lowest BCUT2D eigenvalue weighted by Crippen LogP contribution is -2.34. The van der Waals surface area contributed by atoms with Crippen molar-refractivity contribution in [1.82, 2.24) is 20.1 Å². The summed E-state index contributed by atoms with van der Waals surface area (Å²) in [7, 11) is 0. The molecule has 1 unspecified atom stereocenters. The van der Waals surface area contributed by atoms with Gasteiger partial charge in [-0.15, -0.1) is 18.3 Å². The van der Waals surface area contributed by atoms with Crippen molar-refractivity contribution in [3.8, 4) is 22.8 Å². The zero-order chi connectivity index (χ0) is 33.7. The molecule has 1 saturated heterocycles. The first kappa shape index (κ1) is 34.1. The second-order valence-corrected chi connectivity index (χ2v) is 13.0. The van der Waals surface area contributed by atoms with Gasteiger partial charge in [-0.2, -0.15) is 4.99 Å². The van der Waals surface area contributed by atoms with Crippen molar-refractivity contribution in [2.75, 3.05) is 10.7 Å². The number of ether oxygens (including phenoxy) is 1. The Kier molecular flexibility index (Phi) is 10.7. The molecule has 8 nitrogen and oxygen atoms in total. The van der Waals surface area contributed by atoms with Gasteiger partial charge in [0.2, 0.25) is 5.91 Å². The third-order valence-electron chi connectivity index (χ3n) is 7.50. The zero-order valence-electron chi connectivity index (χ0n) is 26.4. The van der Waals surface area contributed by atoms with Crippen LogP contribution in [0.15, 0.2) is 78.0 Å². The largest absolute Gasteiger partial charge is 0.573 e. The minimum Gasteiger partial charge on any atom is -0.406 e. The number of anilines is 1. The molecule has 1 fully saturated rings. The van der Waals surface area contributed by atoms with E-state index in [9.17, 15) is 18.0 Å². The van der Waals surface area contributed by atoms with Crippen LogP contribution in [0, 0.1) is 6.92 Å². The summed E-state index contributed by atoms with van der Waals surface area (Å²) in [5.74, 6) is 0.773. The number of hydrogen-bond donors (Lipinski definition) is 1. The summed E-state index contributed by atoms with van der Waals surface area (Å²) in [5.41, 5.74) is 5.55. The minimum atomic E-state index is -4.75. The van der Waals surface area contributed by atoms with Crippen molar-refractivity contribution < 1.29 is 22.7 Å². The number of rotatable bonds is 10. The van der Waals surface area contributed by atoms with Crippen molar-refractivity contribution in [3.63, 3.8) is 0 Å². The van der Waals surface area contributed by atoms with Crippen LogP contribution in [0.25, 0.3) is 17.1 Å². The minimum absolute atomic E-state index is 0.00471. The number of aliphatic imine (C=N–C) groups is 1. The Bertz CT molecular complexity index is 1770. The van der Waals surface area contributed by atoms with Crippen LogP contribution in [-0.4, -0.2) is 49.1 Å². The maximum atomic E-state index is 12.9. The molecule has 1 atom stereocenters. The average Bonchev–Trinajstić information content (AvgIpc) is 3.64. The number of amides is 1. The Labute approximate surface area is 281 Å². The van der Waals surface area contributed by atoms with Gasteiger partial charge in [0, 0.05) is 11.6 Å². The molecular weight excluding hydrogens is 646 g/mol. The van der Waals surface area contributed by atoms with Crippen LogP contribution in [-0.2, 0) is 11.2 Å². The summed E-state index contributed by atoms with van der Waals surface area (Å²) in [6.45, 7) is 8.29. The van der Waals surface area contributed by atoms with E-state index in [1.165, 1.54) is 47.0 Å². The molecule has 5 rings (SSSR count). The molecule has 2 heterocycles. The lowest BCUT2D eigenvalue weighted by Gasteiger charge is -2.22. The van der Waals surface area contributed by atoms with Crippen molar-refractivity contribution in [3.05, 3.63) is 89.7 Å². The molecule has 1 aromatic heterocycles. The smallest absolute Gasteiger partial charge is 0.406 e. The first-order valence-corrected chi connectivity index (χ1v) is 16.6. The summed E-state index contributed by atoms with van der Waals surface area (Å²) < 4.78 is 42.8. The molecule has 1 aliphatic heterocycles. The second kappa shape index (κ2) is 14.7. The summed E-state index contributed by atoms with van der Waals surface area (Å²) in [4.78, 5) is 23.6. The molecule has 0 radical (unpaired) electrons. The molecular formula is C34H35F3N6O2S2. The molecule has 3 aromatic carbocycles. The van der Waals surface area contributed by atoms with Gasteiger partial charge in [0.15, 0.2) is 16.1 Å². The van der Waals surface area contributed by atoms with Crippen LogP contribution in [0.4, 0.5) is 18.9 Å². The van der Waals surface area contributed by atoms with Crippen LogP contribution < -0.4 is 15.0 Å². The van der Waals surface area contributed by atoms with Gasteiger partial charge < -0.3 is 10.1 Å². The normalized spacial score (nSPS) is 15.0. The fourth-order valence-corrected chi connectivity index (χ4v) is 6.43. The van der Waals surface area contributed by atoms with Crippen LogP contribution >= 0.6 is 24.0 Å². The Morgan fingerprint density at radius 2 is 1.87 bits per heavy atom. The number of benzene rings is 3. The van der Waals surface area contributed by atoms with E-state index >= 15 is 0 Å². The van der Waals surface area contributed by atoms with E-state index in [-0.39, 0.29) is 23.6 Å². The third kappa shape index (κ3) is 8.98. The number of nitrogens with zero attached hydrogens (tertiary/aromatic N) is 5. The number of carbonyl (C=O) groups excluding carboxylic acids is 1. The Hall–Kier alpha value is -4.23. The van der Waals surface area contributed by atoms with Gasteiger partial charge in [-0.3, -0.25) is 9.69 Å². The quantitative estimate of drug-likeness (QED) is 0.170. The number of thiocarbonyl (C=S) groups is 1. The van der Waals surface area contributed by atoms with Gasteiger partial charge in [-0.1, -0.05) is 55.9 Å². The number of carbonyl (C=O) groups is 1. The lowest BCUT2D eigenvalue weighted by molar-refractivity contribution is -0.274. The van der Waals surface area contributed by atoms with E-state index in [0.717, 1.165) is 47.2 Å². The molecule has 1 amide bonds. The number of hydrogen-bond acceptors (Lipinski definition) is 6. The highest BCUT2D eigenvalue weighted by Gasteiger charge is 2.32. The van der Waals surface area contributed by atoms with Gasteiger partial charge in [0.1, 0.15) is 12.1 Å². The van der Waals surface area contributed by atoms with Crippen LogP contribution in [0.1, 0.15) is 56.2 Å². The number of halogens is 3. The van der Waals surface area contributed by atoms with E-state index < -0.39 is 6.36 Å². The predicted molar refractivity (Wildman–Crippen MR) is 184 cm³/mol. The average molecular weight is 681 g/mol. The number of aryl methyl sites for hydroxylation is 2. The maximum absolute atomic E-state index is 12.9. The molecule has 1 N–H and O–H groups in total. The molecule has 4 aromatic rings. The molecule has 0 saturated carbocycles. The monoisotopic (exact) mass is 680 g/mol. The third-order valence-corrected chi connectivity index (χ3v) is 8.63. The molecule has 0 aliphatic carbocycles. The molecule has 13 heteroatoms. The van der Waals surface area contributed by atoms with Crippen molar-refractivity contribution in [2.24, 2.45) is 4.99 Å². The summed E-state index contributed by atoms with van der Waals surface area (Å²) in [5, 5.41) is 8.75. The van der Waals surface area contributed by atoms with Crippen LogP contribution in [0.3, 0.4) is 0 Å². The Morgan fingerprint density at radius 1 is 1.11 bits per heavy atom. The number of thioether (sulfide) groups is 1. The zero-order valence-corrected chi connectivity index (χ0v) is 28.0. The lowest BCUT2D eigenvalue weighted by atomic mass is 9.99. The number of amidine groups is 1. The number of alkyl halides is 3. The standard InChI is InChI=1S/C34H35F3N6O2S2/c1-21(2)28-16-11-22(3)17-29(28)43-30(44)19-47-33(43)40-32(46)39-23(4)7-5-8-24-9-6-10-25(18-24)31-38-20-42(41-31)26-12-14-27(15-13-26)45-34(35,36)37/h6,9-18,20-21,23H,5,7-8,19H2,1-4H3,(H,39,46)/b40-33-. The summed E-state index contributed by atoms with van der Waals surface area (Å²) in [6.07, 6.45) is -0.661. The molecule has 0 bridgehead atoms. The molecule has 0 spiro atoms. The van der Waals surface area contributed by atoms with E-state index in [0.29, 0.717) is 27.5 Å². The SMILES string of the molecule is Cc1ccc(C(C)C)c(N2C(=O)CS/C2=N\C(=S)NC(C)CCCc2cccc(-c3ncn(-c4ccc(OC(F)(F)F)cc4)n3)c2)c1. The van der Waals surface area contributed by atoms with Gasteiger partial charge in [0.05, 0.1) is 17.1 Å². The Morgan fingerprint density at radius 3 is 2.60 bits per heavy atom. The Balaban J connectivity index is 1.15. The van der Waals surface area contributed by atoms with E-state index in [2.05, 4.69) is 58.0 Å². The van der Waals surface area contributed by atoms with Crippen molar-refractivity contribution in [2.45, 2.75) is 65.3 Å². The van der Waals surface area contributed by atoms with Gasteiger partial charge in [-0.05, 0) is 104 Å². The number of aromatic nitrogens is 3. The van der Waals surface area contributed by atoms with Gasteiger partial charge in [0.25, 0.3) is 0 Å². The topological polar surface area (TPSA) is 84.6 Å².